The highest BCUT2D eigenvalue weighted by Crippen LogP contribution is 2.29. The van der Waals surface area contributed by atoms with Gasteiger partial charge in [0.25, 0.3) is 0 Å². The summed E-state index contributed by atoms with van der Waals surface area (Å²) >= 11 is 12.3. The molecule has 0 spiro atoms. The van der Waals surface area contributed by atoms with Crippen molar-refractivity contribution in [3.05, 3.63) is 93.6 Å². The number of methoxy groups -OCH3 is 1. The number of carbonyl (C=O) groups excluding carboxylic acids is 1. The molecule has 180 valence electrons. The molecule has 0 aliphatic carbocycles. The minimum absolute atomic E-state index is 0.140. The second-order valence-electron chi connectivity index (χ2n) is 7.70. The lowest BCUT2D eigenvalue weighted by atomic mass is 10.0. The molecule has 1 aromatic heterocycles. The quantitative estimate of drug-likeness (QED) is 0.274. The number of esters is 1. The lowest BCUT2D eigenvalue weighted by Crippen LogP contribution is -2.13. The van der Waals surface area contributed by atoms with Crippen LogP contribution >= 0.6 is 23.2 Å². The van der Waals surface area contributed by atoms with Gasteiger partial charge < -0.3 is 14.8 Å². The molecule has 4 aromatic rings. The number of anilines is 1. The lowest BCUT2D eigenvalue weighted by molar-refractivity contribution is 0.0520. The zero-order chi connectivity index (χ0) is 24.8. The molecular weight excluding hydrogens is 487 g/mol. The number of hydrogen-bond acceptors (Lipinski definition) is 6. The van der Waals surface area contributed by atoms with Crippen molar-refractivity contribution >= 4 is 35.0 Å². The third kappa shape index (κ3) is 5.93. The highest BCUT2D eigenvalue weighted by molar-refractivity contribution is 6.42. The van der Waals surface area contributed by atoms with Crippen molar-refractivity contribution in [3.8, 4) is 16.9 Å². The average molecular weight is 511 g/mol. The van der Waals surface area contributed by atoms with Gasteiger partial charge >= 0.3 is 5.97 Å². The maximum atomic E-state index is 12.5. The molecule has 0 unspecified atom stereocenters. The van der Waals surface area contributed by atoms with E-state index in [9.17, 15) is 4.79 Å². The van der Waals surface area contributed by atoms with Crippen LogP contribution in [-0.4, -0.2) is 34.7 Å². The summed E-state index contributed by atoms with van der Waals surface area (Å²) in [4.78, 5) is 12.5. The van der Waals surface area contributed by atoms with Gasteiger partial charge in [-0.25, -0.2) is 9.48 Å². The molecule has 35 heavy (non-hydrogen) atoms. The van der Waals surface area contributed by atoms with E-state index in [2.05, 4.69) is 15.6 Å². The second kappa shape index (κ2) is 11.3. The molecule has 1 heterocycles. The van der Waals surface area contributed by atoms with Crippen molar-refractivity contribution in [3.63, 3.8) is 0 Å². The highest BCUT2D eigenvalue weighted by Gasteiger charge is 2.21. The van der Waals surface area contributed by atoms with Crippen LogP contribution in [-0.2, 0) is 17.8 Å². The van der Waals surface area contributed by atoms with Gasteiger partial charge in [0.15, 0.2) is 5.82 Å². The molecule has 7 nitrogen and oxygen atoms in total. The van der Waals surface area contributed by atoms with E-state index in [1.54, 1.807) is 24.8 Å². The van der Waals surface area contributed by atoms with Crippen LogP contribution in [0.15, 0.2) is 66.7 Å². The zero-order valence-electron chi connectivity index (χ0n) is 19.3. The monoisotopic (exact) mass is 510 g/mol. The lowest BCUT2D eigenvalue weighted by Gasteiger charge is -2.12. The zero-order valence-corrected chi connectivity index (χ0v) is 20.8. The van der Waals surface area contributed by atoms with Crippen LogP contribution in [0.5, 0.6) is 5.75 Å². The summed E-state index contributed by atoms with van der Waals surface area (Å²) in [6.07, 6.45) is 0. The maximum Gasteiger partial charge on any atom is 0.362 e. The Balaban J connectivity index is 1.58. The van der Waals surface area contributed by atoms with E-state index in [-0.39, 0.29) is 12.3 Å². The Morgan fingerprint density at radius 1 is 0.971 bits per heavy atom. The molecule has 0 atom stereocenters. The van der Waals surface area contributed by atoms with Crippen LogP contribution in [0, 0.1) is 0 Å². The number of aromatic nitrogens is 3. The van der Waals surface area contributed by atoms with Crippen LogP contribution in [0.25, 0.3) is 11.1 Å². The molecule has 4 rings (SSSR count). The minimum atomic E-state index is -0.527. The first-order valence-corrected chi connectivity index (χ1v) is 11.8. The van der Waals surface area contributed by atoms with Gasteiger partial charge in [0.05, 0.1) is 30.3 Å². The fourth-order valence-corrected chi connectivity index (χ4v) is 3.86. The van der Waals surface area contributed by atoms with Crippen LogP contribution in [0.3, 0.4) is 0 Å². The fourth-order valence-electron chi connectivity index (χ4n) is 3.56. The van der Waals surface area contributed by atoms with E-state index in [4.69, 9.17) is 32.7 Å². The molecular formula is C26H24Cl2N4O3. The average Bonchev–Trinajstić information content (AvgIpc) is 3.27. The normalized spacial score (nSPS) is 10.7. The molecule has 0 aliphatic heterocycles. The van der Waals surface area contributed by atoms with E-state index in [1.165, 1.54) is 0 Å². The molecule has 0 saturated carbocycles. The molecule has 0 fully saturated rings. The molecule has 3 aromatic carbocycles. The van der Waals surface area contributed by atoms with Gasteiger partial charge in [-0.15, -0.1) is 5.10 Å². The van der Waals surface area contributed by atoms with Crippen molar-refractivity contribution in [1.82, 2.24) is 15.0 Å². The Labute approximate surface area is 213 Å². The van der Waals surface area contributed by atoms with Gasteiger partial charge in [-0.05, 0) is 59.5 Å². The standard InChI is InChI=1S/C26H24Cl2N4O3/c1-3-35-26(33)24-25(32(31-30-24)16-17-7-10-21(34-2)11-8-17)29-15-18-5-4-6-19(13-18)20-9-12-22(27)23(28)14-20/h4-14,29H,3,15-16H2,1-2H3. The predicted molar refractivity (Wildman–Crippen MR) is 137 cm³/mol. The first-order valence-electron chi connectivity index (χ1n) is 11.0. The van der Waals surface area contributed by atoms with E-state index in [0.29, 0.717) is 29.0 Å². The third-order valence-electron chi connectivity index (χ3n) is 5.34. The fraction of sp³-hybridized carbons (Fsp3) is 0.192. The van der Waals surface area contributed by atoms with Gasteiger partial charge in [0, 0.05) is 6.54 Å². The van der Waals surface area contributed by atoms with Gasteiger partial charge in [0.1, 0.15) is 5.75 Å². The van der Waals surface area contributed by atoms with Gasteiger partial charge in [-0.3, -0.25) is 0 Å². The minimum Gasteiger partial charge on any atom is -0.497 e. The summed E-state index contributed by atoms with van der Waals surface area (Å²) in [5.41, 5.74) is 4.08. The van der Waals surface area contributed by atoms with Crippen molar-refractivity contribution in [2.24, 2.45) is 0 Å². The third-order valence-corrected chi connectivity index (χ3v) is 6.07. The molecule has 0 amide bonds. The Morgan fingerprint density at radius 2 is 1.74 bits per heavy atom. The second-order valence-corrected chi connectivity index (χ2v) is 8.51. The number of halogens is 2. The van der Waals surface area contributed by atoms with Gasteiger partial charge in [-0.2, -0.15) is 0 Å². The van der Waals surface area contributed by atoms with E-state index < -0.39 is 5.97 Å². The van der Waals surface area contributed by atoms with Crippen molar-refractivity contribution in [2.75, 3.05) is 19.0 Å². The number of hydrogen-bond donors (Lipinski definition) is 1. The number of ether oxygens (including phenoxy) is 2. The largest absolute Gasteiger partial charge is 0.497 e. The van der Waals surface area contributed by atoms with Crippen LogP contribution in [0.1, 0.15) is 28.5 Å². The Morgan fingerprint density at radius 3 is 2.46 bits per heavy atom. The summed E-state index contributed by atoms with van der Waals surface area (Å²) in [5.74, 6) is 0.722. The van der Waals surface area contributed by atoms with Crippen molar-refractivity contribution in [1.29, 1.82) is 0 Å². The Kier molecular flexibility index (Phi) is 7.90. The van der Waals surface area contributed by atoms with E-state index in [1.807, 2.05) is 60.7 Å². The molecule has 9 heteroatoms. The Hall–Kier alpha value is -3.55. The van der Waals surface area contributed by atoms with E-state index in [0.717, 1.165) is 28.0 Å². The number of carbonyl (C=O) groups is 1. The van der Waals surface area contributed by atoms with Crippen LogP contribution < -0.4 is 10.1 Å². The first-order chi connectivity index (χ1) is 17.0. The summed E-state index contributed by atoms with van der Waals surface area (Å²) < 4.78 is 12.1. The predicted octanol–water partition coefficient (Wildman–Crippen LogP) is 6.10. The molecule has 0 radical (unpaired) electrons. The molecule has 0 saturated heterocycles. The summed E-state index contributed by atoms with van der Waals surface area (Å²) in [6, 6.07) is 21.2. The maximum absolute atomic E-state index is 12.5. The number of nitrogens with zero attached hydrogens (tertiary/aromatic N) is 3. The Bertz CT molecular complexity index is 1320. The summed E-state index contributed by atoms with van der Waals surface area (Å²) in [7, 11) is 1.62. The smallest absolute Gasteiger partial charge is 0.362 e. The van der Waals surface area contributed by atoms with Crippen LogP contribution in [0.4, 0.5) is 5.82 Å². The highest BCUT2D eigenvalue weighted by atomic mass is 35.5. The molecule has 0 bridgehead atoms. The van der Waals surface area contributed by atoms with Crippen molar-refractivity contribution < 1.29 is 14.3 Å². The molecule has 1 N–H and O–H groups in total. The number of rotatable bonds is 9. The van der Waals surface area contributed by atoms with Crippen LogP contribution in [0.2, 0.25) is 10.0 Å². The SMILES string of the molecule is CCOC(=O)c1nnn(Cc2ccc(OC)cc2)c1NCc1cccc(-c2ccc(Cl)c(Cl)c2)c1. The number of nitrogens with one attached hydrogen (secondary N) is 1. The first kappa shape index (κ1) is 24.6. The summed E-state index contributed by atoms with van der Waals surface area (Å²) in [5, 5.41) is 12.6. The van der Waals surface area contributed by atoms with Crippen molar-refractivity contribution in [2.45, 2.75) is 20.0 Å². The summed E-state index contributed by atoms with van der Waals surface area (Å²) in [6.45, 7) is 2.86. The van der Waals surface area contributed by atoms with E-state index >= 15 is 0 Å². The molecule has 0 aliphatic rings. The number of benzene rings is 3. The van der Waals surface area contributed by atoms with Gasteiger partial charge in [0.2, 0.25) is 5.69 Å². The van der Waals surface area contributed by atoms with Gasteiger partial charge in [-0.1, -0.05) is 64.8 Å². The topological polar surface area (TPSA) is 78.3 Å².